The van der Waals surface area contributed by atoms with Crippen LogP contribution < -0.4 is 16.8 Å². The zero-order valence-electron chi connectivity index (χ0n) is 10.7. The molecule has 0 amide bonds. The summed E-state index contributed by atoms with van der Waals surface area (Å²) in [6.07, 6.45) is 6.73. The van der Waals surface area contributed by atoms with Gasteiger partial charge in [0.05, 0.1) is 0 Å². The number of carbonyl (C=O) groups is 1. The minimum atomic E-state index is -0.760. The Hall–Kier alpha value is -0.650. The van der Waals surface area contributed by atoms with Crippen molar-refractivity contribution in [2.24, 2.45) is 11.5 Å². The first-order chi connectivity index (χ1) is 8.22. The van der Waals surface area contributed by atoms with Crippen LogP contribution in [0, 0.1) is 0 Å². The first-order valence-corrected chi connectivity index (χ1v) is 6.58. The molecule has 0 aromatic carbocycles. The van der Waals surface area contributed by atoms with Crippen molar-refractivity contribution in [3.8, 4) is 0 Å². The summed E-state index contributed by atoms with van der Waals surface area (Å²) >= 11 is 0. The monoisotopic (exact) mass is 245 g/mol. The summed E-state index contributed by atoms with van der Waals surface area (Å²) in [7, 11) is 0. The van der Waals surface area contributed by atoms with Crippen LogP contribution in [0.5, 0.6) is 0 Å². The topological polar surface area (TPSA) is 101 Å². The second kappa shape index (κ2) is 11.8. The highest BCUT2D eigenvalue weighted by Crippen LogP contribution is 2.02. The predicted octanol–water partition coefficient (Wildman–Crippen LogP) is 0.677. The summed E-state index contributed by atoms with van der Waals surface area (Å²) in [5.41, 5.74) is 10.8. The van der Waals surface area contributed by atoms with Gasteiger partial charge in [0.25, 0.3) is 0 Å². The highest BCUT2D eigenvalue weighted by Gasteiger charge is 2.15. The minimum absolute atomic E-state index is 0.420. The van der Waals surface area contributed by atoms with Gasteiger partial charge >= 0.3 is 5.97 Å². The van der Waals surface area contributed by atoms with Crippen molar-refractivity contribution in [3.05, 3.63) is 0 Å². The van der Waals surface area contributed by atoms with Crippen LogP contribution in [0.15, 0.2) is 0 Å². The lowest BCUT2D eigenvalue weighted by molar-refractivity contribution is -0.139. The Morgan fingerprint density at radius 2 is 1.59 bits per heavy atom. The number of hydrogen-bond donors (Lipinski definition) is 4. The van der Waals surface area contributed by atoms with Crippen LogP contribution in [0.25, 0.3) is 0 Å². The highest BCUT2D eigenvalue weighted by atomic mass is 16.4. The van der Waals surface area contributed by atoms with Crippen molar-refractivity contribution in [1.82, 2.24) is 5.32 Å². The molecule has 0 aliphatic carbocycles. The molecule has 0 saturated heterocycles. The lowest BCUT2D eigenvalue weighted by atomic mass is 10.1. The van der Waals surface area contributed by atoms with Gasteiger partial charge in [-0.3, -0.25) is 4.79 Å². The summed E-state index contributed by atoms with van der Waals surface area (Å²) in [5, 5.41) is 12.1. The molecular formula is C12H27N3O2. The number of carboxylic acid groups (broad SMARTS) is 1. The average Bonchev–Trinajstić information content (AvgIpc) is 2.31. The molecule has 0 fully saturated rings. The SMILES string of the molecule is NCCCCCCN[C@@H](CCCCN)C(=O)O. The lowest BCUT2D eigenvalue weighted by Gasteiger charge is -2.13. The molecule has 0 rings (SSSR count). The van der Waals surface area contributed by atoms with Gasteiger partial charge in [0.1, 0.15) is 6.04 Å². The van der Waals surface area contributed by atoms with E-state index in [0.717, 1.165) is 51.6 Å². The van der Waals surface area contributed by atoms with E-state index in [0.29, 0.717) is 13.0 Å². The Morgan fingerprint density at radius 3 is 2.18 bits per heavy atom. The molecule has 5 heteroatoms. The summed E-state index contributed by atoms with van der Waals surface area (Å²) in [5.74, 6) is -0.760. The number of unbranched alkanes of at least 4 members (excludes halogenated alkanes) is 4. The summed E-state index contributed by atoms with van der Waals surface area (Å²) in [6.45, 7) is 2.14. The van der Waals surface area contributed by atoms with E-state index < -0.39 is 12.0 Å². The van der Waals surface area contributed by atoms with Gasteiger partial charge in [-0.2, -0.15) is 0 Å². The summed E-state index contributed by atoms with van der Waals surface area (Å²) < 4.78 is 0. The van der Waals surface area contributed by atoms with Gasteiger partial charge in [0.2, 0.25) is 0 Å². The maximum Gasteiger partial charge on any atom is 0.320 e. The van der Waals surface area contributed by atoms with Gasteiger partial charge in [-0.05, 0) is 45.3 Å². The van der Waals surface area contributed by atoms with Crippen LogP contribution in [-0.2, 0) is 4.79 Å². The average molecular weight is 245 g/mol. The second-order valence-corrected chi connectivity index (χ2v) is 4.33. The van der Waals surface area contributed by atoms with Crippen molar-refractivity contribution < 1.29 is 9.90 Å². The minimum Gasteiger partial charge on any atom is -0.480 e. The predicted molar refractivity (Wildman–Crippen MR) is 69.9 cm³/mol. The fourth-order valence-corrected chi connectivity index (χ4v) is 1.70. The Morgan fingerprint density at radius 1 is 1.00 bits per heavy atom. The van der Waals surface area contributed by atoms with Crippen LogP contribution >= 0.6 is 0 Å². The van der Waals surface area contributed by atoms with Gasteiger partial charge in [0, 0.05) is 0 Å². The van der Waals surface area contributed by atoms with Crippen LogP contribution in [-0.4, -0.2) is 36.8 Å². The lowest BCUT2D eigenvalue weighted by Crippen LogP contribution is -2.37. The maximum absolute atomic E-state index is 10.9. The quantitative estimate of drug-likeness (QED) is 0.379. The van der Waals surface area contributed by atoms with Gasteiger partial charge in [0.15, 0.2) is 0 Å². The molecule has 6 N–H and O–H groups in total. The third-order valence-corrected chi connectivity index (χ3v) is 2.77. The van der Waals surface area contributed by atoms with E-state index in [1.165, 1.54) is 0 Å². The number of rotatable bonds is 12. The second-order valence-electron chi connectivity index (χ2n) is 4.33. The van der Waals surface area contributed by atoms with E-state index >= 15 is 0 Å². The fourth-order valence-electron chi connectivity index (χ4n) is 1.70. The smallest absolute Gasteiger partial charge is 0.320 e. The Bertz CT molecular complexity index is 189. The molecule has 0 aromatic rings. The van der Waals surface area contributed by atoms with Crippen molar-refractivity contribution in [3.63, 3.8) is 0 Å². The van der Waals surface area contributed by atoms with Gasteiger partial charge in [-0.15, -0.1) is 0 Å². The molecule has 0 unspecified atom stereocenters. The van der Waals surface area contributed by atoms with Crippen LogP contribution in [0.2, 0.25) is 0 Å². The molecule has 17 heavy (non-hydrogen) atoms. The number of nitrogens with one attached hydrogen (secondary N) is 1. The Labute approximate surface area is 104 Å². The first kappa shape index (κ1) is 16.4. The standard InChI is InChI=1S/C12H27N3O2/c13-8-4-1-2-6-10-15-11(12(16)17)7-3-5-9-14/h11,15H,1-10,13-14H2,(H,16,17)/t11-/m0/s1. The molecule has 102 valence electrons. The van der Waals surface area contributed by atoms with Crippen LogP contribution in [0.4, 0.5) is 0 Å². The van der Waals surface area contributed by atoms with E-state index in [1.807, 2.05) is 0 Å². The Balaban J connectivity index is 3.52. The third-order valence-electron chi connectivity index (χ3n) is 2.77. The summed E-state index contributed by atoms with van der Waals surface area (Å²) in [6, 6.07) is -0.420. The molecule has 0 aliphatic rings. The third kappa shape index (κ3) is 10.2. The molecular weight excluding hydrogens is 218 g/mol. The zero-order chi connectivity index (χ0) is 12.9. The molecule has 0 radical (unpaired) electrons. The van der Waals surface area contributed by atoms with E-state index in [-0.39, 0.29) is 0 Å². The first-order valence-electron chi connectivity index (χ1n) is 6.58. The maximum atomic E-state index is 10.9. The van der Waals surface area contributed by atoms with Crippen LogP contribution in [0.3, 0.4) is 0 Å². The molecule has 0 saturated carbocycles. The molecule has 5 nitrogen and oxygen atoms in total. The van der Waals surface area contributed by atoms with E-state index in [4.69, 9.17) is 16.6 Å². The van der Waals surface area contributed by atoms with Gasteiger partial charge in [-0.1, -0.05) is 19.3 Å². The van der Waals surface area contributed by atoms with Gasteiger partial charge < -0.3 is 21.9 Å². The van der Waals surface area contributed by atoms with Crippen molar-refractivity contribution in [2.45, 2.75) is 51.0 Å². The van der Waals surface area contributed by atoms with E-state index in [2.05, 4.69) is 5.32 Å². The molecule has 0 bridgehead atoms. The van der Waals surface area contributed by atoms with Crippen LogP contribution in [0.1, 0.15) is 44.9 Å². The number of hydrogen-bond acceptors (Lipinski definition) is 4. The highest BCUT2D eigenvalue weighted by molar-refractivity contribution is 5.73. The molecule has 0 aromatic heterocycles. The van der Waals surface area contributed by atoms with Crippen molar-refractivity contribution >= 4 is 5.97 Å². The molecule has 0 heterocycles. The molecule has 0 aliphatic heterocycles. The normalized spacial score (nSPS) is 12.6. The molecule has 1 atom stereocenters. The number of carboxylic acids is 1. The van der Waals surface area contributed by atoms with Gasteiger partial charge in [-0.25, -0.2) is 0 Å². The summed E-state index contributed by atoms with van der Waals surface area (Å²) in [4.78, 5) is 10.9. The Kier molecular flexibility index (Phi) is 11.4. The van der Waals surface area contributed by atoms with Crippen molar-refractivity contribution in [1.29, 1.82) is 0 Å². The number of nitrogens with two attached hydrogens (primary N) is 2. The fraction of sp³-hybridized carbons (Fsp3) is 0.917. The van der Waals surface area contributed by atoms with E-state index in [9.17, 15) is 4.79 Å². The zero-order valence-corrected chi connectivity index (χ0v) is 10.7. The number of aliphatic carboxylic acids is 1. The largest absolute Gasteiger partial charge is 0.480 e. The van der Waals surface area contributed by atoms with Crippen molar-refractivity contribution in [2.75, 3.05) is 19.6 Å². The van der Waals surface area contributed by atoms with E-state index in [1.54, 1.807) is 0 Å². The molecule has 0 spiro atoms.